The second-order valence-electron chi connectivity index (χ2n) is 5.33. The van der Waals surface area contributed by atoms with E-state index in [1.165, 1.54) is 10.8 Å². The van der Waals surface area contributed by atoms with Gasteiger partial charge in [0.05, 0.1) is 6.61 Å². The number of carbonyl (C=O) groups excluding carboxylic acids is 1. The molecule has 6 nitrogen and oxygen atoms in total. The van der Waals surface area contributed by atoms with Gasteiger partial charge in [-0.1, -0.05) is 35.4 Å². The largest absolute Gasteiger partial charge is 0.451 e. The summed E-state index contributed by atoms with van der Waals surface area (Å²) in [7, 11) is 3.12. The standard InChI is InChI=1S/C12H18O6S2/c1-3-4-19-20-9-6(2)11(15)10(14)17-8-7(13)5-16-12(8,11)18-9/h6-9,13,15H,3-5H2,1-2H3/t6-,7-,8+,9+,11+,12+/m0/s1. The summed E-state index contributed by atoms with van der Waals surface area (Å²) in [6, 6.07) is 0. The third-order valence-electron chi connectivity index (χ3n) is 4.08. The molecule has 3 aliphatic rings. The molecular formula is C12H18O6S2. The molecule has 2 N–H and O–H groups in total. The molecule has 0 aliphatic carbocycles. The highest BCUT2D eigenvalue weighted by Crippen LogP contribution is 2.58. The van der Waals surface area contributed by atoms with Crippen LogP contribution < -0.4 is 0 Å². The molecule has 0 aromatic carbocycles. The maximum Gasteiger partial charge on any atom is 0.345 e. The van der Waals surface area contributed by atoms with E-state index >= 15 is 0 Å². The predicted molar refractivity (Wildman–Crippen MR) is 73.9 cm³/mol. The number of esters is 1. The minimum absolute atomic E-state index is 0.00747. The summed E-state index contributed by atoms with van der Waals surface area (Å²) < 4.78 is 16.5. The fourth-order valence-corrected chi connectivity index (χ4v) is 5.68. The highest BCUT2D eigenvalue weighted by atomic mass is 33.1. The maximum absolute atomic E-state index is 12.1. The Balaban J connectivity index is 1.86. The minimum atomic E-state index is -1.85. The van der Waals surface area contributed by atoms with Crippen molar-refractivity contribution in [3.05, 3.63) is 0 Å². The molecule has 0 unspecified atom stereocenters. The normalized spacial score (nSPS) is 50.1. The van der Waals surface area contributed by atoms with Crippen molar-refractivity contribution in [3.63, 3.8) is 0 Å². The van der Waals surface area contributed by atoms with Crippen LogP contribution in [0.3, 0.4) is 0 Å². The van der Waals surface area contributed by atoms with Gasteiger partial charge in [0.25, 0.3) is 5.79 Å². The molecular weight excluding hydrogens is 304 g/mol. The van der Waals surface area contributed by atoms with Crippen LogP contribution in [0.4, 0.5) is 0 Å². The van der Waals surface area contributed by atoms with E-state index in [4.69, 9.17) is 14.2 Å². The van der Waals surface area contributed by atoms with Crippen molar-refractivity contribution in [2.75, 3.05) is 12.4 Å². The molecule has 0 saturated carbocycles. The summed E-state index contributed by atoms with van der Waals surface area (Å²) in [5.41, 5.74) is -2.23. The van der Waals surface area contributed by atoms with Crippen molar-refractivity contribution in [1.29, 1.82) is 0 Å². The zero-order valence-corrected chi connectivity index (χ0v) is 12.9. The molecule has 3 heterocycles. The van der Waals surface area contributed by atoms with E-state index in [1.54, 1.807) is 17.7 Å². The van der Waals surface area contributed by atoms with E-state index in [-0.39, 0.29) is 12.0 Å². The van der Waals surface area contributed by atoms with Gasteiger partial charge < -0.3 is 24.4 Å². The topological polar surface area (TPSA) is 85.2 Å². The minimum Gasteiger partial charge on any atom is -0.451 e. The average molecular weight is 322 g/mol. The van der Waals surface area contributed by atoms with Crippen LogP contribution in [-0.4, -0.2) is 57.6 Å². The number of hydrogen-bond acceptors (Lipinski definition) is 8. The number of aliphatic hydroxyl groups is 2. The van der Waals surface area contributed by atoms with E-state index in [9.17, 15) is 15.0 Å². The molecule has 0 aromatic heterocycles. The fraction of sp³-hybridized carbons (Fsp3) is 0.917. The van der Waals surface area contributed by atoms with Gasteiger partial charge in [0, 0.05) is 11.7 Å². The first-order valence-electron chi connectivity index (χ1n) is 6.69. The van der Waals surface area contributed by atoms with Crippen LogP contribution in [0.5, 0.6) is 0 Å². The first-order valence-corrected chi connectivity index (χ1v) is 9.07. The highest BCUT2D eigenvalue weighted by molar-refractivity contribution is 8.76. The Morgan fingerprint density at radius 2 is 2.25 bits per heavy atom. The summed E-state index contributed by atoms with van der Waals surface area (Å²) in [6.45, 7) is 3.82. The molecule has 0 bridgehead atoms. The van der Waals surface area contributed by atoms with Gasteiger partial charge in [-0.25, -0.2) is 4.79 Å². The van der Waals surface area contributed by atoms with Crippen LogP contribution in [-0.2, 0) is 19.0 Å². The number of hydrogen-bond donors (Lipinski definition) is 2. The lowest BCUT2D eigenvalue weighted by atomic mass is 9.84. The summed E-state index contributed by atoms with van der Waals surface area (Å²) in [5, 5.41) is 20.7. The second-order valence-corrected chi connectivity index (χ2v) is 7.92. The fourth-order valence-electron chi connectivity index (χ4n) is 2.93. The van der Waals surface area contributed by atoms with Gasteiger partial charge in [0.15, 0.2) is 6.10 Å². The third kappa shape index (κ3) is 1.72. The van der Waals surface area contributed by atoms with Crippen LogP contribution in [0.1, 0.15) is 20.3 Å². The van der Waals surface area contributed by atoms with Crippen LogP contribution in [0.15, 0.2) is 0 Å². The summed E-state index contributed by atoms with van der Waals surface area (Å²) in [5.74, 6) is -1.84. The number of carbonyl (C=O) groups is 1. The summed E-state index contributed by atoms with van der Waals surface area (Å²) >= 11 is 0. The number of aliphatic hydroxyl groups excluding tert-OH is 1. The van der Waals surface area contributed by atoms with Gasteiger partial charge >= 0.3 is 5.97 Å². The van der Waals surface area contributed by atoms with Crippen LogP contribution in [0.25, 0.3) is 0 Å². The lowest BCUT2D eigenvalue weighted by Crippen LogP contribution is -2.57. The van der Waals surface area contributed by atoms with Crippen molar-refractivity contribution in [2.45, 2.75) is 49.3 Å². The van der Waals surface area contributed by atoms with E-state index in [2.05, 4.69) is 6.92 Å². The Hall–Kier alpha value is 0.01000. The molecule has 0 aromatic rings. The van der Waals surface area contributed by atoms with E-state index in [0.717, 1.165) is 12.2 Å². The Morgan fingerprint density at radius 3 is 2.95 bits per heavy atom. The summed E-state index contributed by atoms with van der Waals surface area (Å²) in [6.07, 6.45) is -0.884. The van der Waals surface area contributed by atoms with Crippen molar-refractivity contribution >= 4 is 27.6 Å². The molecule has 0 radical (unpaired) electrons. The van der Waals surface area contributed by atoms with Gasteiger partial charge in [-0.15, -0.1) is 0 Å². The molecule has 8 heteroatoms. The first-order chi connectivity index (χ1) is 9.47. The van der Waals surface area contributed by atoms with Crippen molar-refractivity contribution in [1.82, 2.24) is 0 Å². The lowest BCUT2D eigenvalue weighted by Gasteiger charge is -2.29. The lowest BCUT2D eigenvalue weighted by molar-refractivity contribution is -0.252. The first kappa shape index (κ1) is 14.9. The van der Waals surface area contributed by atoms with Gasteiger partial charge in [-0.2, -0.15) is 0 Å². The quantitative estimate of drug-likeness (QED) is 0.440. The zero-order valence-electron chi connectivity index (χ0n) is 11.3. The second kappa shape index (κ2) is 5.03. The molecule has 3 fully saturated rings. The molecule has 3 saturated heterocycles. The van der Waals surface area contributed by atoms with Crippen molar-refractivity contribution in [2.24, 2.45) is 5.92 Å². The van der Waals surface area contributed by atoms with Crippen molar-refractivity contribution in [3.8, 4) is 0 Å². The molecule has 6 atom stereocenters. The zero-order chi connectivity index (χ0) is 14.5. The van der Waals surface area contributed by atoms with Gasteiger partial charge in [0.1, 0.15) is 11.5 Å². The summed E-state index contributed by atoms with van der Waals surface area (Å²) in [4.78, 5) is 12.1. The third-order valence-corrected chi connectivity index (χ3v) is 6.96. The molecule has 114 valence electrons. The molecule has 3 aliphatic heterocycles. The Labute approximate surface area is 124 Å². The van der Waals surface area contributed by atoms with Crippen molar-refractivity contribution < 1.29 is 29.2 Å². The van der Waals surface area contributed by atoms with Gasteiger partial charge in [0.2, 0.25) is 5.60 Å². The Morgan fingerprint density at radius 1 is 1.50 bits per heavy atom. The van der Waals surface area contributed by atoms with Crippen LogP contribution in [0.2, 0.25) is 0 Å². The maximum atomic E-state index is 12.1. The highest BCUT2D eigenvalue weighted by Gasteiger charge is 2.81. The van der Waals surface area contributed by atoms with Crippen LogP contribution in [0, 0.1) is 5.92 Å². The van der Waals surface area contributed by atoms with E-state index in [1.807, 2.05) is 0 Å². The van der Waals surface area contributed by atoms with E-state index < -0.39 is 35.5 Å². The van der Waals surface area contributed by atoms with Gasteiger partial charge in [-0.3, -0.25) is 0 Å². The van der Waals surface area contributed by atoms with Gasteiger partial charge in [-0.05, 0) is 6.42 Å². The Bertz CT molecular complexity index is 421. The molecule has 20 heavy (non-hydrogen) atoms. The SMILES string of the molecule is CCCSS[C@H]1O[C@]23OC[C@H](O)[C@H]2OC(=O)[C@]3(O)[C@H]1C. The molecule has 0 amide bonds. The molecule has 3 rings (SSSR count). The van der Waals surface area contributed by atoms with Crippen LogP contribution >= 0.6 is 21.6 Å². The Kier molecular flexibility index (Phi) is 3.75. The average Bonchev–Trinajstić information content (AvgIpc) is 2.92. The predicted octanol–water partition coefficient (Wildman–Crippen LogP) is 0.514. The number of ether oxygens (including phenoxy) is 3. The smallest absolute Gasteiger partial charge is 0.345 e. The molecule has 1 spiro atoms. The monoisotopic (exact) mass is 322 g/mol. The number of rotatable bonds is 4. The van der Waals surface area contributed by atoms with E-state index in [0.29, 0.717) is 0 Å².